The third-order valence-electron chi connectivity index (χ3n) is 5.31. The van der Waals surface area contributed by atoms with Crippen molar-refractivity contribution in [2.45, 2.75) is 64.0 Å². The molecule has 0 bridgehead atoms. The average Bonchev–Trinajstić information content (AvgIpc) is 2.83. The van der Waals surface area contributed by atoms with E-state index in [4.69, 9.17) is 0 Å². The summed E-state index contributed by atoms with van der Waals surface area (Å²) in [5, 5.41) is 7.11. The maximum Gasteiger partial charge on any atom is 0.225 e. The monoisotopic (exact) mass is 332 g/mol. The Morgan fingerprint density at radius 3 is 2.67 bits per heavy atom. The molecule has 1 aliphatic carbocycles. The molecule has 132 valence electrons. The second-order valence-electron chi connectivity index (χ2n) is 7.17. The summed E-state index contributed by atoms with van der Waals surface area (Å²) in [7, 11) is 1.86. The smallest absolute Gasteiger partial charge is 0.225 e. The average molecular weight is 332 g/mol. The number of nitrogens with one attached hydrogen (secondary N) is 1. The first-order valence-electron chi connectivity index (χ1n) is 9.18. The van der Waals surface area contributed by atoms with Crippen LogP contribution >= 0.6 is 0 Å². The predicted octanol–water partition coefficient (Wildman–Crippen LogP) is 2.00. The van der Waals surface area contributed by atoms with Gasteiger partial charge in [0, 0.05) is 44.4 Å². The minimum atomic E-state index is -0.0809. The fourth-order valence-electron chi connectivity index (χ4n) is 3.90. The van der Waals surface area contributed by atoms with Crippen molar-refractivity contribution in [3.63, 3.8) is 0 Å². The maximum atomic E-state index is 12.5. The lowest BCUT2D eigenvalue weighted by molar-refractivity contribution is -0.141. The van der Waals surface area contributed by atoms with Crippen LogP contribution in [-0.4, -0.2) is 39.1 Å². The topological polar surface area (TPSA) is 67.2 Å². The quantitative estimate of drug-likeness (QED) is 0.858. The summed E-state index contributed by atoms with van der Waals surface area (Å²) in [6.45, 7) is 1.09. The summed E-state index contributed by atoms with van der Waals surface area (Å²) >= 11 is 0. The number of piperidine rings is 1. The third-order valence-corrected chi connectivity index (χ3v) is 5.31. The summed E-state index contributed by atoms with van der Waals surface area (Å²) in [4.78, 5) is 26.8. The molecule has 3 rings (SSSR count). The van der Waals surface area contributed by atoms with Crippen LogP contribution in [0.2, 0.25) is 0 Å². The van der Waals surface area contributed by atoms with Crippen molar-refractivity contribution in [2.75, 3.05) is 6.54 Å². The van der Waals surface area contributed by atoms with Gasteiger partial charge in [-0.2, -0.15) is 5.10 Å². The van der Waals surface area contributed by atoms with E-state index in [1.807, 2.05) is 18.1 Å². The highest BCUT2D eigenvalue weighted by Gasteiger charge is 2.34. The third kappa shape index (κ3) is 4.16. The number of aromatic nitrogens is 2. The molecule has 1 saturated heterocycles. The van der Waals surface area contributed by atoms with E-state index in [1.165, 1.54) is 25.7 Å². The number of amides is 2. The number of hydrogen-bond donors (Lipinski definition) is 1. The van der Waals surface area contributed by atoms with E-state index in [9.17, 15) is 9.59 Å². The largest absolute Gasteiger partial charge is 0.352 e. The molecule has 1 saturated carbocycles. The molecular formula is C18H28N4O2. The molecule has 2 amide bonds. The van der Waals surface area contributed by atoms with Crippen LogP contribution in [0, 0.1) is 5.92 Å². The van der Waals surface area contributed by atoms with E-state index in [-0.39, 0.29) is 17.7 Å². The first-order valence-corrected chi connectivity index (χ1v) is 9.18. The van der Waals surface area contributed by atoms with Gasteiger partial charge in [-0.05, 0) is 19.3 Å². The Hall–Kier alpha value is -1.85. The number of aryl methyl sites for hydroxylation is 1. The highest BCUT2D eigenvalue weighted by Crippen LogP contribution is 2.27. The van der Waals surface area contributed by atoms with E-state index >= 15 is 0 Å². The van der Waals surface area contributed by atoms with E-state index < -0.39 is 0 Å². The normalized spacial score (nSPS) is 23.1. The number of likely N-dealkylation sites (tertiary alicyclic amines) is 1. The molecule has 24 heavy (non-hydrogen) atoms. The minimum Gasteiger partial charge on any atom is -0.352 e. The summed E-state index contributed by atoms with van der Waals surface area (Å²) in [6, 6.07) is 0.342. The maximum absolute atomic E-state index is 12.5. The predicted molar refractivity (Wildman–Crippen MR) is 91.0 cm³/mol. The van der Waals surface area contributed by atoms with Gasteiger partial charge in [-0.3, -0.25) is 14.3 Å². The number of carbonyl (C=O) groups excluding carboxylic acids is 2. The van der Waals surface area contributed by atoms with E-state index in [2.05, 4.69) is 10.4 Å². The molecule has 2 fully saturated rings. The van der Waals surface area contributed by atoms with Crippen molar-refractivity contribution in [3.8, 4) is 0 Å². The molecule has 1 aliphatic heterocycles. The fourth-order valence-corrected chi connectivity index (χ4v) is 3.90. The standard InChI is InChI=1S/C18H28N4O2/c1-21-12-14(11-20-21)10-19-18(24)15-8-9-17(23)22(13-15)16-6-4-2-3-5-7-16/h11-12,15-16H,2-10,13H2,1H3,(H,19,24)/t15-/m0/s1. The zero-order valence-corrected chi connectivity index (χ0v) is 14.5. The second-order valence-corrected chi connectivity index (χ2v) is 7.17. The minimum absolute atomic E-state index is 0.0602. The molecule has 2 aliphatic rings. The SMILES string of the molecule is Cn1cc(CNC(=O)[C@H]2CCC(=O)N(C3CCCCCC3)C2)cn1. The zero-order valence-electron chi connectivity index (χ0n) is 14.5. The fraction of sp³-hybridized carbons (Fsp3) is 0.722. The van der Waals surface area contributed by atoms with E-state index in [1.54, 1.807) is 10.9 Å². The second kappa shape index (κ2) is 7.81. The lowest BCUT2D eigenvalue weighted by atomic mass is 9.93. The number of carbonyl (C=O) groups is 2. The summed E-state index contributed by atoms with van der Waals surface area (Å²) in [5.41, 5.74) is 0.998. The van der Waals surface area contributed by atoms with Gasteiger partial charge in [-0.15, -0.1) is 0 Å². The van der Waals surface area contributed by atoms with Crippen LogP contribution in [0.1, 0.15) is 56.9 Å². The highest BCUT2D eigenvalue weighted by atomic mass is 16.2. The van der Waals surface area contributed by atoms with Gasteiger partial charge in [0.25, 0.3) is 0 Å². The van der Waals surface area contributed by atoms with Crippen molar-refractivity contribution in [3.05, 3.63) is 18.0 Å². The Morgan fingerprint density at radius 1 is 1.25 bits per heavy atom. The zero-order chi connectivity index (χ0) is 16.9. The molecule has 6 heteroatoms. The number of hydrogen-bond acceptors (Lipinski definition) is 3. The van der Waals surface area contributed by atoms with Crippen LogP contribution in [0.25, 0.3) is 0 Å². The molecule has 1 aromatic heterocycles. The Kier molecular flexibility index (Phi) is 5.53. The van der Waals surface area contributed by atoms with Crippen LogP contribution in [0.15, 0.2) is 12.4 Å². The van der Waals surface area contributed by atoms with Crippen LogP contribution < -0.4 is 5.32 Å². The summed E-state index contributed by atoms with van der Waals surface area (Å²) < 4.78 is 1.73. The first-order chi connectivity index (χ1) is 11.6. The first kappa shape index (κ1) is 17.0. The molecule has 2 heterocycles. The van der Waals surface area contributed by atoms with Gasteiger partial charge in [0.1, 0.15) is 0 Å². The Labute approximate surface area is 143 Å². The van der Waals surface area contributed by atoms with Gasteiger partial charge in [0.15, 0.2) is 0 Å². The van der Waals surface area contributed by atoms with Gasteiger partial charge in [0.05, 0.1) is 12.1 Å². The van der Waals surface area contributed by atoms with Crippen LogP contribution in [0.4, 0.5) is 0 Å². The lowest BCUT2D eigenvalue weighted by Crippen LogP contribution is -2.49. The van der Waals surface area contributed by atoms with Gasteiger partial charge in [-0.1, -0.05) is 25.7 Å². The molecule has 0 spiro atoms. The molecule has 0 aromatic carbocycles. The molecule has 1 aromatic rings. The molecule has 6 nitrogen and oxygen atoms in total. The van der Waals surface area contributed by atoms with Gasteiger partial charge in [0.2, 0.25) is 11.8 Å². The molecule has 0 radical (unpaired) electrons. The van der Waals surface area contributed by atoms with Gasteiger partial charge < -0.3 is 10.2 Å². The molecule has 1 atom stereocenters. The van der Waals surface area contributed by atoms with Gasteiger partial charge in [-0.25, -0.2) is 0 Å². The van der Waals surface area contributed by atoms with E-state index in [0.29, 0.717) is 32.0 Å². The molecular weight excluding hydrogens is 304 g/mol. The van der Waals surface area contributed by atoms with Crippen molar-refractivity contribution >= 4 is 11.8 Å². The van der Waals surface area contributed by atoms with Crippen molar-refractivity contribution < 1.29 is 9.59 Å². The molecule has 1 N–H and O–H groups in total. The van der Waals surface area contributed by atoms with Gasteiger partial charge >= 0.3 is 0 Å². The van der Waals surface area contributed by atoms with Crippen molar-refractivity contribution in [1.29, 1.82) is 0 Å². The summed E-state index contributed by atoms with van der Waals surface area (Å²) in [5.74, 6) is 0.214. The highest BCUT2D eigenvalue weighted by molar-refractivity contribution is 5.84. The Balaban J connectivity index is 1.55. The summed E-state index contributed by atoms with van der Waals surface area (Å²) in [6.07, 6.45) is 12.0. The van der Waals surface area contributed by atoms with Crippen LogP contribution in [0.5, 0.6) is 0 Å². The Bertz CT molecular complexity index is 575. The Morgan fingerprint density at radius 2 is 2.00 bits per heavy atom. The number of nitrogens with zero attached hydrogens (tertiary/aromatic N) is 3. The van der Waals surface area contributed by atoms with Crippen molar-refractivity contribution in [1.82, 2.24) is 20.0 Å². The van der Waals surface area contributed by atoms with Crippen molar-refractivity contribution in [2.24, 2.45) is 13.0 Å². The van der Waals surface area contributed by atoms with E-state index in [0.717, 1.165) is 18.4 Å². The lowest BCUT2D eigenvalue weighted by Gasteiger charge is -2.37. The van der Waals surface area contributed by atoms with Crippen LogP contribution in [-0.2, 0) is 23.2 Å². The van der Waals surface area contributed by atoms with Crippen LogP contribution in [0.3, 0.4) is 0 Å². The molecule has 0 unspecified atom stereocenters. The number of rotatable bonds is 4.